The molecule has 0 spiro atoms. The number of rotatable bonds is 2. The molecule has 1 rings (SSSR count). The van der Waals surface area contributed by atoms with E-state index in [2.05, 4.69) is 37.9 Å². The van der Waals surface area contributed by atoms with E-state index in [0.29, 0.717) is 17.0 Å². The first kappa shape index (κ1) is 10.5. The lowest BCUT2D eigenvalue weighted by Crippen LogP contribution is -2.02. The average Bonchev–Trinajstić information content (AvgIpc) is 2.02. The molecule has 72 valence electrons. The van der Waals surface area contributed by atoms with Gasteiger partial charge >= 0.3 is 0 Å². The van der Waals surface area contributed by atoms with Crippen molar-refractivity contribution in [1.29, 1.82) is 0 Å². The summed E-state index contributed by atoms with van der Waals surface area (Å²) in [6, 6.07) is 0. The minimum absolute atomic E-state index is 0.403. The highest BCUT2D eigenvalue weighted by Crippen LogP contribution is 2.29. The van der Waals surface area contributed by atoms with E-state index in [9.17, 15) is 0 Å². The molecule has 1 aromatic heterocycles. The molecular formula is C10H15ClN2. The summed E-state index contributed by atoms with van der Waals surface area (Å²) >= 11 is 5.99. The van der Waals surface area contributed by atoms with Gasteiger partial charge < -0.3 is 0 Å². The molecule has 0 radical (unpaired) electrons. The van der Waals surface area contributed by atoms with Crippen LogP contribution in [0.3, 0.4) is 0 Å². The Morgan fingerprint density at radius 3 is 2.15 bits per heavy atom. The van der Waals surface area contributed by atoms with Crippen molar-refractivity contribution < 1.29 is 0 Å². The van der Waals surface area contributed by atoms with Gasteiger partial charge in [-0.3, -0.25) is 0 Å². The zero-order chi connectivity index (χ0) is 10.0. The Balaban J connectivity index is 3.26. The van der Waals surface area contributed by atoms with Gasteiger partial charge in [0, 0.05) is 0 Å². The molecule has 0 unspecified atom stereocenters. The van der Waals surface area contributed by atoms with E-state index in [-0.39, 0.29) is 0 Å². The van der Waals surface area contributed by atoms with Crippen LogP contribution in [0.5, 0.6) is 0 Å². The number of halogens is 1. The minimum Gasteiger partial charge on any atom is -0.157 e. The zero-order valence-corrected chi connectivity index (χ0v) is 9.26. The maximum atomic E-state index is 5.99. The normalized spacial score (nSPS) is 11.3. The highest BCUT2D eigenvalue weighted by atomic mass is 35.5. The molecule has 0 saturated heterocycles. The third-order valence-electron chi connectivity index (χ3n) is 2.07. The van der Waals surface area contributed by atoms with Gasteiger partial charge in [-0.2, -0.15) is 5.10 Å². The van der Waals surface area contributed by atoms with Gasteiger partial charge in [0.15, 0.2) is 5.15 Å². The molecule has 0 aliphatic carbocycles. The van der Waals surface area contributed by atoms with Gasteiger partial charge in [-0.05, 0) is 23.0 Å². The van der Waals surface area contributed by atoms with E-state index in [4.69, 9.17) is 11.6 Å². The fraction of sp³-hybridized carbons (Fsp3) is 0.600. The smallest absolute Gasteiger partial charge is 0.155 e. The average molecular weight is 199 g/mol. The predicted molar refractivity (Wildman–Crippen MR) is 55.2 cm³/mol. The lowest BCUT2D eigenvalue weighted by molar-refractivity contribution is 0.764. The predicted octanol–water partition coefficient (Wildman–Crippen LogP) is 3.38. The van der Waals surface area contributed by atoms with Crippen molar-refractivity contribution >= 4 is 11.6 Å². The van der Waals surface area contributed by atoms with E-state index in [1.807, 2.05) is 6.20 Å². The summed E-state index contributed by atoms with van der Waals surface area (Å²) in [6.07, 6.45) is 1.81. The molecule has 0 atom stereocenters. The monoisotopic (exact) mass is 198 g/mol. The van der Waals surface area contributed by atoms with Crippen molar-refractivity contribution in [3.63, 3.8) is 0 Å². The maximum absolute atomic E-state index is 5.99. The lowest BCUT2D eigenvalue weighted by atomic mass is 9.94. The van der Waals surface area contributed by atoms with Crippen LogP contribution in [-0.2, 0) is 0 Å². The van der Waals surface area contributed by atoms with E-state index in [1.165, 1.54) is 5.56 Å². The maximum Gasteiger partial charge on any atom is 0.155 e. The summed E-state index contributed by atoms with van der Waals surface area (Å²) < 4.78 is 0. The molecule has 1 heterocycles. The SMILES string of the molecule is CC(C)c1cnnc(Cl)c1C(C)C. The van der Waals surface area contributed by atoms with E-state index in [0.717, 1.165) is 5.56 Å². The zero-order valence-electron chi connectivity index (χ0n) is 8.50. The number of nitrogens with zero attached hydrogens (tertiary/aromatic N) is 2. The first-order chi connectivity index (χ1) is 6.04. The van der Waals surface area contributed by atoms with Crippen molar-refractivity contribution in [2.75, 3.05) is 0 Å². The molecule has 3 heteroatoms. The Kier molecular flexibility index (Phi) is 3.26. The molecule has 2 nitrogen and oxygen atoms in total. The Morgan fingerprint density at radius 1 is 1.15 bits per heavy atom. The second kappa shape index (κ2) is 4.05. The second-order valence-corrected chi connectivity index (χ2v) is 4.17. The highest BCUT2D eigenvalue weighted by Gasteiger charge is 2.14. The molecule has 0 aliphatic rings. The summed E-state index contributed by atoms with van der Waals surface area (Å²) in [5.74, 6) is 0.853. The van der Waals surface area contributed by atoms with Crippen LogP contribution >= 0.6 is 11.6 Å². The van der Waals surface area contributed by atoms with Crippen molar-refractivity contribution in [3.8, 4) is 0 Å². The van der Waals surface area contributed by atoms with E-state index >= 15 is 0 Å². The van der Waals surface area contributed by atoms with Crippen molar-refractivity contribution in [3.05, 3.63) is 22.5 Å². The molecule has 0 saturated carbocycles. The van der Waals surface area contributed by atoms with Gasteiger partial charge in [0.2, 0.25) is 0 Å². The van der Waals surface area contributed by atoms with Crippen LogP contribution in [0.25, 0.3) is 0 Å². The number of hydrogen-bond donors (Lipinski definition) is 0. The van der Waals surface area contributed by atoms with Crippen LogP contribution in [0.15, 0.2) is 6.20 Å². The van der Waals surface area contributed by atoms with Gasteiger partial charge in [0.25, 0.3) is 0 Å². The molecule has 0 aliphatic heterocycles. The third kappa shape index (κ3) is 2.19. The molecule has 0 bridgehead atoms. The highest BCUT2D eigenvalue weighted by molar-refractivity contribution is 6.30. The Hall–Kier alpha value is -0.630. The van der Waals surface area contributed by atoms with Crippen molar-refractivity contribution in [2.45, 2.75) is 39.5 Å². The Bertz CT molecular complexity index is 295. The number of hydrogen-bond acceptors (Lipinski definition) is 2. The van der Waals surface area contributed by atoms with Gasteiger partial charge in [0.05, 0.1) is 6.20 Å². The summed E-state index contributed by atoms with van der Waals surface area (Å²) in [5.41, 5.74) is 2.33. The summed E-state index contributed by atoms with van der Waals surface area (Å²) in [4.78, 5) is 0. The van der Waals surface area contributed by atoms with E-state index < -0.39 is 0 Å². The number of aromatic nitrogens is 2. The summed E-state index contributed by atoms with van der Waals surface area (Å²) in [7, 11) is 0. The molecule has 13 heavy (non-hydrogen) atoms. The van der Waals surface area contributed by atoms with Crippen LogP contribution in [0.2, 0.25) is 5.15 Å². The lowest BCUT2D eigenvalue weighted by Gasteiger charge is -2.15. The minimum atomic E-state index is 0.403. The van der Waals surface area contributed by atoms with E-state index in [1.54, 1.807) is 0 Å². The summed E-state index contributed by atoms with van der Waals surface area (Å²) in [5, 5.41) is 8.27. The molecule has 0 N–H and O–H groups in total. The fourth-order valence-electron chi connectivity index (χ4n) is 1.42. The second-order valence-electron chi connectivity index (χ2n) is 3.81. The third-order valence-corrected chi connectivity index (χ3v) is 2.35. The van der Waals surface area contributed by atoms with Crippen molar-refractivity contribution in [1.82, 2.24) is 10.2 Å². The fourth-order valence-corrected chi connectivity index (χ4v) is 1.79. The molecular weight excluding hydrogens is 184 g/mol. The van der Waals surface area contributed by atoms with Gasteiger partial charge in [0.1, 0.15) is 0 Å². The van der Waals surface area contributed by atoms with Crippen LogP contribution < -0.4 is 0 Å². The largest absolute Gasteiger partial charge is 0.157 e. The first-order valence-corrected chi connectivity index (χ1v) is 4.92. The Labute approximate surface area is 84.3 Å². The standard InChI is InChI=1S/C10H15ClN2/c1-6(2)8-5-12-13-10(11)9(8)7(3)4/h5-7H,1-4H3. The van der Waals surface area contributed by atoms with Crippen LogP contribution in [0.1, 0.15) is 50.7 Å². The topological polar surface area (TPSA) is 25.8 Å². The molecule has 1 aromatic rings. The van der Waals surface area contributed by atoms with Gasteiger partial charge in [-0.15, -0.1) is 5.10 Å². The van der Waals surface area contributed by atoms with Crippen LogP contribution in [0.4, 0.5) is 0 Å². The van der Waals surface area contributed by atoms with Crippen LogP contribution in [0, 0.1) is 0 Å². The van der Waals surface area contributed by atoms with Gasteiger partial charge in [-0.1, -0.05) is 39.3 Å². The Morgan fingerprint density at radius 2 is 1.77 bits per heavy atom. The quantitative estimate of drug-likeness (QED) is 0.728. The first-order valence-electron chi connectivity index (χ1n) is 4.55. The molecule has 0 amide bonds. The van der Waals surface area contributed by atoms with Crippen LogP contribution in [-0.4, -0.2) is 10.2 Å². The molecule has 0 aromatic carbocycles. The van der Waals surface area contributed by atoms with Gasteiger partial charge in [-0.25, -0.2) is 0 Å². The summed E-state index contributed by atoms with van der Waals surface area (Å²) in [6.45, 7) is 8.52. The molecule has 0 fully saturated rings. The van der Waals surface area contributed by atoms with Crippen molar-refractivity contribution in [2.24, 2.45) is 0 Å².